The van der Waals surface area contributed by atoms with Crippen LogP contribution in [0.1, 0.15) is 23.3 Å². The van der Waals surface area contributed by atoms with Gasteiger partial charge in [0, 0.05) is 13.0 Å². The van der Waals surface area contributed by atoms with Gasteiger partial charge < -0.3 is 5.32 Å². The fraction of sp³-hybridized carbons (Fsp3) is 0.214. The number of hydrogen-bond donors (Lipinski definition) is 1. The van der Waals surface area contributed by atoms with Crippen LogP contribution in [0.3, 0.4) is 0 Å². The topological polar surface area (TPSA) is 59.8 Å². The highest BCUT2D eigenvalue weighted by molar-refractivity contribution is 5.91. The molecular formula is C14H14N4O. The van der Waals surface area contributed by atoms with Gasteiger partial charge in [0.05, 0.1) is 11.9 Å². The molecule has 0 aliphatic rings. The number of hydrogen-bond acceptors (Lipinski definition) is 3. The highest BCUT2D eigenvalue weighted by Crippen LogP contribution is 2.04. The Kier molecular flexibility index (Phi) is 4.29. The summed E-state index contributed by atoms with van der Waals surface area (Å²) in [5, 5.41) is 10.9. The van der Waals surface area contributed by atoms with Gasteiger partial charge >= 0.3 is 0 Å². The summed E-state index contributed by atoms with van der Waals surface area (Å²) in [4.78, 5) is 13.2. The van der Waals surface area contributed by atoms with Crippen LogP contribution in [0, 0.1) is 12.3 Å². The number of para-hydroxylation sites is 1. The van der Waals surface area contributed by atoms with Gasteiger partial charge in [0.15, 0.2) is 5.69 Å². The molecule has 2 rings (SSSR count). The number of rotatable bonds is 5. The molecule has 19 heavy (non-hydrogen) atoms. The Morgan fingerprint density at radius 2 is 2.16 bits per heavy atom. The fourth-order valence-corrected chi connectivity index (χ4v) is 1.54. The van der Waals surface area contributed by atoms with Crippen molar-refractivity contribution in [1.82, 2.24) is 20.3 Å². The monoisotopic (exact) mass is 254 g/mol. The zero-order valence-electron chi connectivity index (χ0n) is 10.4. The predicted octanol–water partition coefficient (Wildman–Crippen LogP) is 1.41. The van der Waals surface area contributed by atoms with E-state index >= 15 is 0 Å². The van der Waals surface area contributed by atoms with Gasteiger partial charge in [-0.1, -0.05) is 18.2 Å². The SMILES string of the molecule is C#CCCCNC(=O)c1cnn(-c2ccccc2)n1. The van der Waals surface area contributed by atoms with Gasteiger partial charge in [-0.3, -0.25) is 4.79 Å². The molecule has 0 aliphatic heterocycles. The van der Waals surface area contributed by atoms with Gasteiger partial charge in [0.1, 0.15) is 0 Å². The van der Waals surface area contributed by atoms with Crippen LogP contribution in [0.2, 0.25) is 0 Å². The molecule has 0 radical (unpaired) electrons. The maximum Gasteiger partial charge on any atom is 0.273 e. The van der Waals surface area contributed by atoms with Crippen LogP contribution >= 0.6 is 0 Å². The van der Waals surface area contributed by atoms with Crippen molar-refractivity contribution >= 4 is 5.91 Å². The molecule has 1 heterocycles. The molecular weight excluding hydrogens is 240 g/mol. The van der Waals surface area contributed by atoms with E-state index in [4.69, 9.17) is 6.42 Å². The van der Waals surface area contributed by atoms with Crippen LogP contribution in [-0.2, 0) is 0 Å². The number of benzene rings is 1. The number of carbonyl (C=O) groups excluding carboxylic acids is 1. The lowest BCUT2D eigenvalue weighted by Gasteiger charge is -2.00. The number of unbranched alkanes of at least 4 members (excludes halogenated alkanes) is 1. The van der Waals surface area contributed by atoms with E-state index in [0.717, 1.165) is 12.1 Å². The van der Waals surface area contributed by atoms with E-state index in [2.05, 4.69) is 21.4 Å². The second-order valence-corrected chi connectivity index (χ2v) is 3.92. The van der Waals surface area contributed by atoms with E-state index < -0.39 is 0 Å². The van der Waals surface area contributed by atoms with Gasteiger partial charge in [-0.2, -0.15) is 9.90 Å². The summed E-state index contributed by atoms with van der Waals surface area (Å²) in [6.45, 7) is 0.543. The van der Waals surface area contributed by atoms with Crippen LogP contribution in [0.4, 0.5) is 0 Å². The molecule has 0 bridgehead atoms. The molecule has 1 aromatic heterocycles. The fourth-order valence-electron chi connectivity index (χ4n) is 1.54. The maximum atomic E-state index is 11.8. The molecule has 0 unspecified atom stereocenters. The van der Waals surface area contributed by atoms with Crippen LogP contribution in [-0.4, -0.2) is 27.4 Å². The number of nitrogens with one attached hydrogen (secondary N) is 1. The number of nitrogens with zero attached hydrogens (tertiary/aromatic N) is 3. The first-order valence-electron chi connectivity index (χ1n) is 6.00. The van der Waals surface area contributed by atoms with E-state index in [-0.39, 0.29) is 5.91 Å². The second kappa shape index (κ2) is 6.36. The summed E-state index contributed by atoms with van der Waals surface area (Å²) < 4.78 is 0. The summed E-state index contributed by atoms with van der Waals surface area (Å²) in [5.74, 6) is 2.29. The van der Waals surface area contributed by atoms with Crippen molar-refractivity contribution in [3.8, 4) is 18.0 Å². The molecule has 1 N–H and O–H groups in total. The minimum Gasteiger partial charge on any atom is -0.351 e. The minimum atomic E-state index is -0.237. The number of aromatic nitrogens is 3. The molecule has 1 aromatic carbocycles. The van der Waals surface area contributed by atoms with Gasteiger partial charge in [-0.25, -0.2) is 0 Å². The normalized spacial score (nSPS) is 9.84. The number of terminal acetylenes is 1. The summed E-state index contributed by atoms with van der Waals surface area (Å²) >= 11 is 0. The quantitative estimate of drug-likeness (QED) is 0.648. The zero-order chi connectivity index (χ0) is 13.5. The molecule has 96 valence electrons. The minimum absolute atomic E-state index is 0.237. The lowest BCUT2D eigenvalue weighted by molar-refractivity contribution is 0.0948. The average Bonchev–Trinajstić information content (AvgIpc) is 2.94. The van der Waals surface area contributed by atoms with Crippen molar-refractivity contribution < 1.29 is 4.79 Å². The smallest absolute Gasteiger partial charge is 0.273 e. The molecule has 0 saturated heterocycles. The Bertz CT molecular complexity index is 583. The van der Waals surface area contributed by atoms with Crippen molar-refractivity contribution in [3.05, 3.63) is 42.2 Å². The predicted molar refractivity (Wildman–Crippen MR) is 71.8 cm³/mol. The Hall–Kier alpha value is -2.61. The summed E-state index contributed by atoms with van der Waals surface area (Å²) in [5.41, 5.74) is 1.11. The Morgan fingerprint density at radius 3 is 2.89 bits per heavy atom. The second-order valence-electron chi connectivity index (χ2n) is 3.92. The molecule has 0 fully saturated rings. The highest BCUT2D eigenvalue weighted by Gasteiger charge is 2.10. The third-order valence-corrected chi connectivity index (χ3v) is 2.50. The first kappa shape index (κ1) is 12.8. The van der Waals surface area contributed by atoms with E-state index in [1.54, 1.807) is 0 Å². The van der Waals surface area contributed by atoms with Gasteiger partial charge in [-0.15, -0.1) is 17.4 Å². The lowest BCUT2D eigenvalue weighted by atomic mass is 10.3. The van der Waals surface area contributed by atoms with E-state index in [1.165, 1.54) is 11.0 Å². The Balaban J connectivity index is 1.97. The van der Waals surface area contributed by atoms with E-state index in [1.807, 2.05) is 30.3 Å². The van der Waals surface area contributed by atoms with Crippen molar-refractivity contribution in [1.29, 1.82) is 0 Å². The molecule has 2 aromatic rings. The van der Waals surface area contributed by atoms with Crippen molar-refractivity contribution in [2.75, 3.05) is 6.54 Å². The molecule has 5 heteroatoms. The average molecular weight is 254 g/mol. The zero-order valence-corrected chi connectivity index (χ0v) is 10.4. The van der Waals surface area contributed by atoms with Gasteiger partial charge in [0.2, 0.25) is 0 Å². The van der Waals surface area contributed by atoms with Crippen LogP contribution < -0.4 is 5.32 Å². The molecule has 0 atom stereocenters. The number of carbonyl (C=O) groups is 1. The Labute approximate surface area is 111 Å². The largest absolute Gasteiger partial charge is 0.351 e. The maximum absolute atomic E-state index is 11.8. The van der Waals surface area contributed by atoms with Crippen LogP contribution in [0.15, 0.2) is 36.5 Å². The molecule has 0 spiro atoms. The standard InChI is InChI=1S/C14H14N4O/c1-2-3-7-10-15-14(19)13-11-16-18(17-13)12-8-5-4-6-9-12/h1,4-6,8-9,11H,3,7,10H2,(H,15,19). The molecule has 0 saturated carbocycles. The van der Waals surface area contributed by atoms with E-state index in [9.17, 15) is 4.79 Å². The van der Waals surface area contributed by atoms with Gasteiger partial charge in [0.25, 0.3) is 5.91 Å². The molecule has 0 aliphatic carbocycles. The van der Waals surface area contributed by atoms with E-state index in [0.29, 0.717) is 18.7 Å². The van der Waals surface area contributed by atoms with Crippen molar-refractivity contribution in [2.45, 2.75) is 12.8 Å². The Morgan fingerprint density at radius 1 is 1.37 bits per heavy atom. The van der Waals surface area contributed by atoms with Crippen molar-refractivity contribution in [2.24, 2.45) is 0 Å². The third-order valence-electron chi connectivity index (χ3n) is 2.50. The summed E-state index contributed by atoms with van der Waals surface area (Å²) in [6.07, 6.45) is 7.99. The van der Waals surface area contributed by atoms with Crippen molar-refractivity contribution in [3.63, 3.8) is 0 Å². The summed E-state index contributed by atoms with van der Waals surface area (Å²) in [6, 6.07) is 9.42. The third kappa shape index (κ3) is 3.42. The molecule has 5 nitrogen and oxygen atoms in total. The first-order valence-corrected chi connectivity index (χ1v) is 6.00. The highest BCUT2D eigenvalue weighted by atomic mass is 16.2. The number of amides is 1. The van der Waals surface area contributed by atoms with Crippen LogP contribution in [0.25, 0.3) is 5.69 Å². The van der Waals surface area contributed by atoms with Crippen LogP contribution in [0.5, 0.6) is 0 Å². The molecule has 1 amide bonds. The summed E-state index contributed by atoms with van der Waals surface area (Å²) in [7, 11) is 0. The lowest BCUT2D eigenvalue weighted by Crippen LogP contribution is -2.24. The van der Waals surface area contributed by atoms with Gasteiger partial charge in [-0.05, 0) is 18.6 Å². The first-order chi connectivity index (χ1) is 9.31.